The fourth-order valence-electron chi connectivity index (χ4n) is 2.26. The number of morpholine rings is 1. The first-order chi connectivity index (χ1) is 10.7. The summed E-state index contributed by atoms with van der Waals surface area (Å²) < 4.78 is 21.3. The van der Waals surface area contributed by atoms with E-state index in [0.29, 0.717) is 36.9 Å². The van der Waals surface area contributed by atoms with Crippen LogP contribution in [0.25, 0.3) is 0 Å². The fraction of sp³-hybridized carbons (Fsp3) is 0.533. The van der Waals surface area contributed by atoms with Crippen molar-refractivity contribution >= 4 is 5.91 Å². The standard InChI is InChI=1S/C15H22N2O5/c1-19-11-7-13(21-3)12(20-2)6-10(11)8-17-15(18)14-9-16-4-5-22-14/h6-7,14,16H,4-5,8-9H2,1-3H3,(H,17,18). The van der Waals surface area contributed by atoms with E-state index in [1.54, 1.807) is 33.5 Å². The van der Waals surface area contributed by atoms with Crippen LogP contribution in [0, 0.1) is 0 Å². The molecule has 0 bridgehead atoms. The molecule has 1 unspecified atom stereocenters. The van der Waals surface area contributed by atoms with Crippen molar-refractivity contribution in [3.05, 3.63) is 17.7 Å². The second kappa shape index (κ2) is 7.86. The molecule has 1 aromatic carbocycles. The van der Waals surface area contributed by atoms with Gasteiger partial charge in [0.1, 0.15) is 11.9 Å². The molecule has 0 radical (unpaired) electrons. The Morgan fingerprint density at radius 1 is 1.23 bits per heavy atom. The molecule has 2 rings (SSSR count). The van der Waals surface area contributed by atoms with Gasteiger partial charge in [0.05, 0.1) is 27.9 Å². The van der Waals surface area contributed by atoms with E-state index < -0.39 is 6.10 Å². The number of nitrogens with one attached hydrogen (secondary N) is 2. The van der Waals surface area contributed by atoms with Crippen LogP contribution in [0.2, 0.25) is 0 Å². The molecule has 1 atom stereocenters. The van der Waals surface area contributed by atoms with Crippen molar-refractivity contribution < 1.29 is 23.7 Å². The van der Waals surface area contributed by atoms with Crippen LogP contribution in [0.1, 0.15) is 5.56 Å². The number of hydrogen-bond donors (Lipinski definition) is 2. The van der Waals surface area contributed by atoms with Gasteiger partial charge in [-0.1, -0.05) is 0 Å². The average molecular weight is 310 g/mol. The van der Waals surface area contributed by atoms with E-state index in [1.807, 2.05) is 0 Å². The van der Waals surface area contributed by atoms with Gasteiger partial charge in [-0.3, -0.25) is 4.79 Å². The topological polar surface area (TPSA) is 78.0 Å². The van der Waals surface area contributed by atoms with Crippen molar-refractivity contribution in [2.24, 2.45) is 0 Å². The molecule has 122 valence electrons. The van der Waals surface area contributed by atoms with E-state index >= 15 is 0 Å². The largest absolute Gasteiger partial charge is 0.496 e. The second-order valence-corrected chi connectivity index (χ2v) is 4.80. The van der Waals surface area contributed by atoms with Crippen LogP contribution in [-0.4, -0.2) is 53.0 Å². The number of benzene rings is 1. The minimum absolute atomic E-state index is 0.149. The summed E-state index contributed by atoms with van der Waals surface area (Å²) in [5.41, 5.74) is 0.803. The number of hydrogen-bond acceptors (Lipinski definition) is 6. The quantitative estimate of drug-likeness (QED) is 0.788. The highest BCUT2D eigenvalue weighted by molar-refractivity contribution is 5.81. The highest BCUT2D eigenvalue weighted by atomic mass is 16.5. The van der Waals surface area contributed by atoms with E-state index in [4.69, 9.17) is 18.9 Å². The monoisotopic (exact) mass is 310 g/mol. The number of carbonyl (C=O) groups excluding carboxylic acids is 1. The Hall–Kier alpha value is -1.99. The first-order valence-corrected chi connectivity index (χ1v) is 7.08. The third kappa shape index (κ3) is 3.80. The summed E-state index contributed by atoms with van der Waals surface area (Å²) in [6.07, 6.45) is -0.458. The van der Waals surface area contributed by atoms with Gasteiger partial charge >= 0.3 is 0 Å². The number of amides is 1. The number of rotatable bonds is 6. The van der Waals surface area contributed by atoms with Crippen LogP contribution in [0.5, 0.6) is 17.2 Å². The molecule has 1 aromatic rings. The third-order valence-corrected chi connectivity index (χ3v) is 3.46. The van der Waals surface area contributed by atoms with Gasteiger partial charge in [-0.2, -0.15) is 0 Å². The normalized spacial score (nSPS) is 17.7. The van der Waals surface area contributed by atoms with E-state index in [-0.39, 0.29) is 5.91 Å². The fourth-order valence-corrected chi connectivity index (χ4v) is 2.26. The summed E-state index contributed by atoms with van der Waals surface area (Å²) in [4.78, 5) is 12.1. The molecule has 0 aromatic heterocycles. The molecule has 1 saturated heterocycles. The lowest BCUT2D eigenvalue weighted by atomic mass is 10.1. The maximum Gasteiger partial charge on any atom is 0.250 e. The summed E-state index contributed by atoms with van der Waals surface area (Å²) in [5.74, 6) is 1.64. The molecular weight excluding hydrogens is 288 g/mol. The molecule has 0 aliphatic carbocycles. The van der Waals surface area contributed by atoms with Crippen LogP contribution in [0.15, 0.2) is 12.1 Å². The van der Waals surface area contributed by atoms with Crippen LogP contribution < -0.4 is 24.8 Å². The maximum absolute atomic E-state index is 12.1. The SMILES string of the molecule is COc1cc(OC)c(OC)cc1CNC(=O)C1CNCCO1. The minimum Gasteiger partial charge on any atom is -0.496 e. The predicted molar refractivity (Wildman–Crippen MR) is 80.6 cm³/mol. The molecule has 1 heterocycles. The molecule has 1 aliphatic heterocycles. The molecule has 0 saturated carbocycles. The Morgan fingerprint density at radius 2 is 1.91 bits per heavy atom. The van der Waals surface area contributed by atoms with E-state index in [9.17, 15) is 4.79 Å². The lowest BCUT2D eigenvalue weighted by Gasteiger charge is -2.23. The summed E-state index contributed by atoms with van der Waals surface area (Å²) in [6.45, 7) is 2.15. The van der Waals surface area contributed by atoms with Gasteiger partial charge in [0.15, 0.2) is 11.5 Å². The highest BCUT2D eigenvalue weighted by Crippen LogP contribution is 2.34. The van der Waals surface area contributed by atoms with Crippen molar-refractivity contribution in [2.45, 2.75) is 12.6 Å². The van der Waals surface area contributed by atoms with Crippen molar-refractivity contribution in [1.29, 1.82) is 0 Å². The van der Waals surface area contributed by atoms with Crippen LogP contribution in [0.3, 0.4) is 0 Å². The zero-order valence-corrected chi connectivity index (χ0v) is 13.1. The Kier molecular flexibility index (Phi) is 5.85. The second-order valence-electron chi connectivity index (χ2n) is 4.80. The number of ether oxygens (including phenoxy) is 4. The zero-order chi connectivity index (χ0) is 15.9. The van der Waals surface area contributed by atoms with Crippen molar-refractivity contribution in [3.63, 3.8) is 0 Å². The minimum atomic E-state index is -0.458. The first kappa shape index (κ1) is 16.4. The van der Waals surface area contributed by atoms with Gasteiger partial charge in [-0.05, 0) is 6.07 Å². The Labute approximate surface area is 129 Å². The van der Waals surface area contributed by atoms with Gasteiger partial charge in [0.2, 0.25) is 0 Å². The maximum atomic E-state index is 12.1. The summed E-state index contributed by atoms with van der Waals surface area (Å²) >= 11 is 0. The lowest BCUT2D eigenvalue weighted by molar-refractivity contribution is -0.134. The molecule has 7 nitrogen and oxygen atoms in total. The van der Waals surface area contributed by atoms with Gasteiger partial charge in [-0.15, -0.1) is 0 Å². The van der Waals surface area contributed by atoms with Crippen LogP contribution in [0.4, 0.5) is 0 Å². The molecule has 0 spiro atoms. The van der Waals surface area contributed by atoms with E-state index in [0.717, 1.165) is 12.1 Å². The van der Waals surface area contributed by atoms with Crippen molar-refractivity contribution in [3.8, 4) is 17.2 Å². The van der Waals surface area contributed by atoms with Crippen molar-refractivity contribution in [2.75, 3.05) is 41.0 Å². The number of methoxy groups -OCH3 is 3. The summed E-state index contributed by atoms with van der Waals surface area (Å²) in [5, 5.41) is 5.97. The first-order valence-electron chi connectivity index (χ1n) is 7.08. The molecule has 1 aliphatic rings. The summed E-state index contributed by atoms with van der Waals surface area (Å²) in [7, 11) is 4.70. The Balaban J connectivity index is 2.06. The Bertz CT molecular complexity index is 515. The average Bonchev–Trinajstić information content (AvgIpc) is 2.59. The predicted octanol–water partition coefficient (Wildman–Crippen LogP) is 0.317. The molecule has 22 heavy (non-hydrogen) atoms. The van der Waals surface area contributed by atoms with Crippen LogP contribution >= 0.6 is 0 Å². The van der Waals surface area contributed by atoms with Crippen molar-refractivity contribution in [1.82, 2.24) is 10.6 Å². The van der Waals surface area contributed by atoms with Gasteiger partial charge in [0, 0.05) is 31.3 Å². The van der Waals surface area contributed by atoms with E-state index in [2.05, 4.69) is 10.6 Å². The highest BCUT2D eigenvalue weighted by Gasteiger charge is 2.22. The molecule has 2 N–H and O–H groups in total. The van der Waals surface area contributed by atoms with E-state index in [1.165, 1.54) is 0 Å². The van der Waals surface area contributed by atoms with Gasteiger partial charge < -0.3 is 29.6 Å². The molecule has 7 heteroatoms. The lowest BCUT2D eigenvalue weighted by Crippen LogP contribution is -2.47. The third-order valence-electron chi connectivity index (χ3n) is 3.46. The van der Waals surface area contributed by atoms with Gasteiger partial charge in [0.25, 0.3) is 5.91 Å². The molecular formula is C15H22N2O5. The van der Waals surface area contributed by atoms with Crippen LogP contribution in [-0.2, 0) is 16.1 Å². The zero-order valence-electron chi connectivity index (χ0n) is 13.1. The van der Waals surface area contributed by atoms with Gasteiger partial charge in [-0.25, -0.2) is 0 Å². The number of carbonyl (C=O) groups is 1. The molecule has 1 fully saturated rings. The smallest absolute Gasteiger partial charge is 0.250 e. The Morgan fingerprint density at radius 3 is 2.50 bits per heavy atom. The summed E-state index contributed by atoms with van der Waals surface area (Å²) in [6, 6.07) is 3.52. The molecule has 1 amide bonds.